The molecule has 0 unspecified atom stereocenters. The molecule has 0 saturated carbocycles. The van der Waals surface area contributed by atoms with Gasteiger partial charge in [-0.15, -0.1) is 0 Å². The minimum Gasteiger partial charge on any atom is -0.389 e. The first-order valence-corrected chi connectivity index (χ1v) is 9.41. The number of amides is 1. The van der Waals surface area contributed by atoms with Gasteiger partial charge >= 0.3 is 0 Å². The van der Waals surface area contributed by atoms with Crippen LogP contribution in [0.1, 0.15) is 31.7 Å². The lowest BCUT2D eigenvalue weighted by atomic mass is 9.70. The van der Waals surface area contributed by atoms with E-state index in [2.05, 4.69) is 17.1 Å². The number of benzene rings is 1. The van der Waals surface area contributed by atoms with Crippen molar-refractivity contribution in [1.82, 2.24) is 10.2 Å². The van der Waals surface area contributed by atoms with Gasteiger partial charge in [0.25, 0.3) is 0 Å². The third kappa shape index (κ3) is 4.60. The highest BCUT2D eigenvalue weighted by molar-refractivity contribution is 5.78. The molecular weight excluding hydrogens is 316 g/mol. The van der Waals surface area contributed by atoms with Crippen LogP contribution < -0.4 is 5.32 Å². The first-order valence-electron chi connectivity index (χ1n) is 9.41. The van der Waals surface area contributed by atoms with Crippen LogP contribution in [0.15, 0.2) is 30.3 Å². The van der Waals surface area contributed by atoms with Crippen molar-refractivity contribution < 1.29 is 14.6 Å². The summed E-state index contributed by atoms with van der Waals surface area (Å²) >= 11 is 0. The van der Waals surface area contributed by atoms with Gasteiger partial charge in [-0.2, -0.15) is 0 Å². The minimum absolute atomic E-state index is 0.0487. The average molecular weight is 346 g/mol. The van der Waals surface area contributed by atoms with Crippen LogP contribution in [0.4, 0.5) is 0 Å². The second kappa shape index (κ2) is 8.30. The number of rotatable bonds is 5. The number of piperidine rings is 1. The van der Waals surface area contributed by atoms with Crippen molar-refractivity contribution in [2.24, 2.45) is 11.8 Å². The maximum atomic E-state index is 12.2. The second-order valence-corrected chi connectivity index (χ2v) is 7.53. The van der Waals surface area contributed by atoms with Crippen molar-refractivity contribution in [1.29, 1.82) is 0 Å². The van der Waals surface area contributed by atoms with E-state index >= 15 is 0 Å². The van der Waals surface area contributed by atoms with Crippen molar-refractivity contribution in [3.63, 3.8) is 0 Å². The number of nitrogens with one attached hydrogen (secondary N) is 1. The maximum absolute atomic E-state index is 12.2. The fourth-order valence-electron chi connectivity index (χ4n) is 4.22. The molecule has 2 aliphatic rings. The van der Waals surface area contributed by atoms with Crippen molar-refractivity contribution in [2.45, 2.75) is 38.3 Å². The van der Waals surface area contributed by atoms with Gasteiger partial charge in [0.2, 0.25) is 5.91 Å². The van der Waals surface area contributed by atoms with E-state index in [4.69, 9.17) is 4.74 Å². The van der Waals surface area contributed by atoms with Gasteiger partial charge in [-0.3, -0.25) is 9.69 Å². The topological polar surface area (TPSA) is 61.8 Å². The molecule has 0 radical (unpaired) electrons. The molecule has 138 valence electrons. The third-order valence-corrected chi connectivity index (χ3v) is 5.84. The number of nitrogens with zero attached hydrogens (tertiary/aromatic N) is 1. The molecular formula is C20H30N2O3. The molecule has 1 aromatic rings. The standard InChI is InChI=1S/C20H30N2O3/c1-16-14-22(10-9-20(16,24)18-7-11-25-12-8-18)15-19(23)21-13-17-5-3-2-4-6-17/h2-6,16,18,24H,7-15H2,1H3,(H,21,23)/t16-,20+/m1/s1. The van der Waals surface area contributed by atoms with Crippen molar-refractivity contribution >= 4 is 5.91 Å². The summed E-state index contributed by atoms with van der Waals surface area (Å²) < 4.78 is 5.43. The van der Waals surface area contributed by atoms with E-state index in [1.807, 2.05) is 30.3 Å². The fraction of sp³-hybridized carbons (Fsp3) is 0.650. The van der Waals surface area contributed by atoms with Gasteiger partial charge in [-0.1, -0.05) is 37.3 Å². The smallest absolute Gasteiger partial charge is 0.234 e. The molecule has 1 amide bonds. The lowest BCUT2D eigenvalue weighted by molar-refractivity contribution is -0.137. The highest BCUT2D eigenvalue weighted by atomic mass is 16.5. The number of likely N-dealkylation sites (tertiary alicyclic amines) is 1. The van der Waals surface area contributed by atoms with Crippen LogP contribution in [-0.4, -0.2) is 54.4 Å². The lowest BCUT2D eigenvalue weighted by Crippen LogP contribution is -2.56. The zero-order valence-electron chi connectivity index (χ0n) is 15.1. The Hall–Kier alpha value is -1.43. The summed E-state index contributed by atoms with van der Waals surface area (Å²) in [7, 11) is 0. The Morgan fingerprint density at radius 1 is 1.32 bits per heavy atom. The Labute approximate surface area is 150 Å². The molecule has 5 heteroatoms. The first-order chi connectivity index (χ1) is 12.1. The monoisotopic (exact) mass is 346 g/mol. The Balaban J connectivity index is 1.46. The van der Waals surface area contributed by atoms with Gasteiger partial charge in [-0.25, -0.2) is 0 Å². The predicted molar refractivity (Wildman–Crippen MR) is 97.0 cm³/mol. The zero-order chi connectivity index (χ0) is 17.7. The van der Waals surface area contributed by atoms with Crippen LogP contribution >= 0.6 is 0 Å². The molecule has 0 aliphatic carbocycles. The molecule has 2 heterocycles. The highest BCUT2D eigenvalue weighted by Gasteiger charge is 2.45. The first kappa shape index (κ1) is 18.4. The van der Waals surface area contributed by atoms with E-state index in [1.54, 1.807) is 0 Å². The largest absolute Gasteiger partial charge is 0.389 e. The maximum Gasteiger partial charge on any atom is 0.234 e. The molecule has 25 heavy (non-hydrogen) atoms. The van der Waals surface area contributed by atoms with Crippen LogP contribution in [0, 0.1) is 11.8 Å². The summed E-state index contributed by atoms with van der Waals surface area (Å²) in [5.41, 5.74) is 0.498. The van der Waals surface area contributed by atoms with E-state index in [-0.39, 0.29) is 11.8 Å². The zero-order valence-corrected chi connectivity index (χ0v) is 15.1. The van der Waals surface area contributed by atoms with Gasteiger partial charge in [0.15, 0.2) is 0 Å². The quantitative estimate of drug-likeness (QED) is 0.853. The van der Waals surface area contributed by atoms with Gasteiger partial charge in [0.05, 0.1) is 12.1 Å². The van der Waals surface area contributed by atoms with E-state index in [9.17, 15) is 9.90 Å². The summed E-state index contributed by atoms with van der Waals surface area (Å²) in [5.74, 6) is 0.545. The number of hydrogen-bond donors (Lipinski definition) is 2. The van der Waals surface area contributed by atoms with Crippen molar-refractivity contribution in [3.8, 4) is 0 Å². The van der Waals surface area contributed by atoms with Crippen LogP contribution in [0.2, 0.25) is 0 Å². The molecule has 2 saturated heterocycles. The molecule has 0 spiro atoms. The summed E-state index contributed by atoms with van der Waals surface area (Å²) in [6.07, 6.45) is 2.63. The van der Waals surface area contributed by atoms with Crippen molar-refractivity contribution in [2.75, 3.05) is 32.8 Å². The average Bonchev–Trinajstić information content (AvgIpc) is 2.65. The molecule has 1 aromatic carbocycles. The van der Waals surface area contributed by atoms with Gasteiger partial charge < -0.3 is 15.2 Å². The summed E-state index contributed by atoms with van der Waals surface area (Å²) in [5, 5.41) is 14.2. The second-order valence-electron chi connectivity index (χ2n) is 7.53. The van der Waals surface area contributed by atoms with Crippen LogP contribution in [0.3, 0.4) is 0 Å². The summed E-state index contributed by atoms with van der Waals surface area (Å²) in [4.78, 5) is 14.4. The SMILES string of the molecule is C[C@@H]1CN(CC(=O)NCc2ccccc2)CC[C@@]1(O)C1CCOCC1. The van der Waals surface area contributed by atoms with Gasteiger partial charge in [0.1, 0.15) is 0 Å². The van der Waals surface area contributed by atoms with Crippen LogP contribution in [-0.2, 0) is 16.1 Å². The Morgan fingerprint density at radius 3 is 2.72 bits per heavy atom. The normalized spacial score (nSPS) is 28.6. The summed E-state index contributed by atoms with van der Waals surface area (Å²) in [6.45, 7) is 6.14. The minimum atomic E-state index is -0.610. The third-order valence-electron chi connectivity index (χ3n) is 5.84. The molecule has 2 aliphatic heterocycles. The number of carbonyl (C=O) groups is 1. The number of aliphatic hydroxyl groups is 1. The van der Waals surface area contributed by atoms with Crippen LogP contribution in [0.5, 0.6) is 0 Å². The molecule has 2 N–H and O–H groups in total. The number of ether oxygens (including phenoxy) is 1. The fourth-order valence-corrected chi connectivity index (χ4v) is 4.22. The molecule has 3 rings (SSSR count). The Morgan fingerprint density at radius 2 is 2.04 bits per heavy atom. The number of carbonyl (C=O) groups excluding carboxylic acids is 1. The van der Waals surface area contributed by atoms with E-state index in [1.165, 1.54) is 0 Å². The van der Waals surface area contributed by atoms with Crippen LogP contribution in [0.25, 0.3) is 0 Å². The van der Waals surface area contributed by atoms with E-state index in [0.29, 0.717) is 19.0 Å². The Kier molecular flexibility index (Phi) is 6.10. The summed E-state index contributed by atoms with van der Waals surface area (Å²) in [6, 6.07) is 9.95. The Bertz CT molecular complexity index is 559. The molecule has 2 fully saturated rings. The van der Waals surface area contributed by atoms with Gasteiger partial charge in [0, 0.05) is 32.8 Å². The molecule has 0 aromatic heterocycles. The highest BCUT2D eigenvalue weighted by Crippen LogP contribution is 2.39. The molecule has 2 atom stereocenters. The molecule has 0 bridgehead atoms. The lowest BCUT2D eigenvalue weighted by Gasteiger charge is -2.48. The predicted octanol–water partition coefficient (Wildman–Crippen LogP) is 1.80. The molecule has 5 nitrogen and oxygen atoms in total. The number of hydrogen-bond acceptors (Lipinski definition) is 4. The van der Waals surface area contributed by atoms with E-state index < -0.39 is 5.60 Å². The van der Waals surface area contributed by atoms with Gasteiger partial charge in [-0.05, 0) is 36.7 Å². The van der Waals surface area contributed by atoms with Crippen molar-refractivity contribution in [3.05, 3.63) is 35.9 Å². The van der Waals surface area contributed by atoms with E-state index in [0.717, 1.165) is 51.1 Å².